The molecule has 1 unspecified atom stereocenters. The second-order valence-electron chi connectivity index (χ2n) is 6.67. The third-order valence-electron chi connectivity index (χ3n) is 4.79. The number of carbonyl (C=O) groups excluding carboxylic acids is 3. The van der Waals surface area contributed by atoms with E-state index in [1.807, 2.05) is 18.2 Å². The normalized spacial score (nSPS) is 18.7. The highest BCUT2D eigenvalue weighted by atomic mass is 16.2. The summed E-state index contributed by atoms with van der Waals surface area (Å²) in [6, 6.07) is 6.79. The molecule has 0 saturated carbocycles. The lowest BCUT2D eigenvalue weighted by Gasteiger charge is -2.29. The van der Waals surface area contributed by atoms with Crippen LogP contribution in [0.2, 0.25) is 0 Å². The number of nitrogens with zero attached hydrogens (tertiary/aromatic N) is 4. The van der Waals surface area contributed by atoms with Crippen molar-refractivity contribution in [2.24, 2.45) is 0 Å². The van der Waals surface area contributed by atoms with Crippen molar-refractivity contribution in [1.82, 2.24) is 30.3 Å². The smallest absolute Gasteiger partial charge is 0.272 e. The molecule has 4 heterocycles. The van der Waals surface area contributed by atoms with Gasteiger partial charge in [-0.3, -0.25) is 24.0 Å². The Morgan fingerprint density at radius 3 is 2.93 bits per heavy atom. The SMILES string of the molecule is O=C1CCC(C(=O)N2CCn3nc(C(=O)NCc4ccccn4)cc3C2)N1. The quantitative estimate of drug-likeness (QED) is 0.779. The average Bonchev–Trinajstić information content (AvgIpc) is 3.32. The Hall–Kier alpha value is -3.23. The molecule has 0 aliphatic carbocycles. The lowest BCUT2D eigenvalue weighted by atomic mass is 10.2. The molecule has 2 aromatic heterocycles. The van der Waals surface area contributed by atoms with Gasteiger partial charge in [0.1, 0.15) is 6.04 Å². The Bertz CT molecular complexity index is 878. The Balaban J connectivity index is 1.39. The molecule has 2 aliphatic heterocycles. The molecule has 2 aliphatic rings. The molecule has 3 amide bonds. The van der Waals surface area contributed by atoms with E-state index in [2.05, 4.69) is 20.7 Å². The maximum atomic E-state index is 12.6. The molecule has 1 fully saturated rings. The largest absolute Gasteiger partial charge is 0.345 e. The van der Waals surface area contributed by atoms with Crippen LogP contribution in [0, 0.1) is 0 Å². The molecule has 0 aromatic carbocycles. The van der Waals surface area contributed by atoms with E-state index in [0.717, 1.165) is 11.4 Å². The zero-order valence-corrected chi connectivity index (χ0v) is 14.7. The van der Waals surface area contributed by atoms with Crippen LogP contribution in [0.3, 0.4) is 0 Å². The fraction of sp³-hybridized carbons (Fsp3) is 0.389. The van der Waals surface area contributed by atoms with Crippen LogP contribution in [0.25, 0.3) is 0 Å². The number of carbonyl (C=O) groups is 3. The minimum Gasteiger partial charge on any atom is -0.345 e. The first-order valence-electron chi connectivity index (χ1n) is 8.93. The molecule has 9 heteroatoms. The summed E-state index contributed by atoms with van der Waals surface area (Å²) in [6.07, 6.45) is 2.60. The van der Waals surface area contributed by atoms with E-state index in [0.29, 0.717) is 44.7 Å². The second-order valence-corrected chi connectivity index (χ2v) is 6.67. The van der Waals surface area contributed by atoms with Gasteiger partial charge in [0.05, 0.1) is 31.0 Å². The molecule has 1 atom stereocenters. The highest BCUT2D eigenvalue weighted by molar-refractivity contribution is 5.92. The summed E-state index contributed by atoms with van der Waals surface area (Å²) in [4.78, 5) is 42.1. The molecule has 27 heavy (non-hydrogen) atoms. The molecule has 1 saturated heterocycles. The van der Waals surface area contributed by atoms with Crippen LogP contribution in [-0.4, -0.2) is 50.0 Å². The lowest BCUT2D eigenvalue weighted by molar-refractivity contribution is -0.135. The second kappa shape index (κ2) is 7.18. The van der Waals surface area contributed by atoms with Crippen LogP contribution in [0.4, 0.5) is 0 Å². The summed E-state index contributed by atoms with van der Waals surface area (Å²) < 4.78 is 1.76. The van der Waals surface area contributed by atoms with Crippen LogP contribution in [0.5, 0.6) is 0 Å². The molecule has 9 nitrogen and oxygen atoms in total. The van der Waals surface area contributed by atoms with Crippen LogP contribution in [0.1, 0.15) is 34.7 Å². The number of hydrogen-bond donors (Lipinski definition) is 2. The van der Waals surface area contributed by atoms with Crippen LogP contribution >= 0.6 is 0 Å². The minimum atomic E-state index is -0.437. The highest BCUT2D eigenvalue weighted by Gasteiger charge is 2.32. The van der Waals surface area contributed by atoms with E-state index in [4.69, 9.17) is 0 Å². The monoisotopic (exact) mass is 368 g/mol. The van der Waals surface area contributed by atoms with E-state index in [-0.39, 0.29) is 17.7 Å². The van der Waals surface area contributed by atoms with E-state index < -0.39 is 6.04 Å². The minimum absolute atomic E-state index is 0.0746. The van der Waals surface area contributed by atoms with Gasteiger partial charge in [-0.2, -0.15) is 5.10 Å². The summed E-state index contributed by atoms with van der Waals surface area (Å²) in [6.45, 7) is 1.74. The third kappa shape index (κ3) is 3.67. The molecular formula is C18H20N6O3. The Morgan fingerprint density at radius 1 is 1.30 bits per heavy atom. The lowest BCUT2D eigenvalue weighted by Crippen LogP contribution is -2.47. The van der Waals surface area contributed by atoms with Gasteiger partial charge in [0, 0.05) is 19.2 Å². The van der Waals surface area contributed by atoms with Gasteiger partial charge in [0.15, 0.2) is 5.69 Å². The van der Waals surface area contributed by atoms with Gasteiger partial charge in [-0.1, -0.05) is 6.07 Å². The predicted molar refractivity (Wildman–Crippen MR) is 94.2 cm³/mol. The molecule has 0 bridgehead atoms. The molecule has 2 N–H and O–H groups in total. The van der Waals surface area contributed by atoms with Crippen molar-refractivity contribution in [3.8, 4) is 0 Å². The fourth-order valence-electron chi connectivity index (χ4n) is 3.35. The Labute approximate surface area is 155 Å². The maximum absolute atomic E-state index is 12.6. The average molecular weight is 368 g/mol. The highest BCUT2D eigenvalue weighted by Crippen LogP contribution is 2.17. The first-order chi connectivity index (χ1) is 13.1. The molecule has 0 radical (unpaired) electrons. The third-order valence-corrected chi connectivity index (χ3v) is 4.79. The van der Waals surface area contributed by atoms with E-state index in [9.17, 15) is 14.4 Å². The van der Waals surface area contributed by atoms with Gasteiger partial charge in [-0.05, 0) is 24.6 Å². The Morgan fingerprint density at radius 2 is 2.19 bits per heavy atom. The van der Waals surface area contributed by atoms with Gasteiger partial charge < -0.3 is 15.5 Å². The standard InChI is InChI=1S/C18H20N6O3/c25-16-5-4-14(21-16)18(27)23-7-8-24-13(11-23)9-15(22-24)17(26)20-10-12-3-1-2-6-19-12/h1-3,6,9,14H,4-5,7-8,10-11H2,(H,20,26)(H,21,25). The number of amides is 3. The van der Waals surface area contributed by atoms with Crippen molar-refractivity contribution in [2.75, 3.05) is 6.54 Å². The number of aromatic nitrogens is 3. The van der Waals surface area contributed by atoms with Crippen molar-refractivity contribution < 1.29 is 14.4 Å². The number of rotatable bonds is 4. The van der Waals surface area contributed by atoms with E-state index in [1.165, 1.54) is 0 Å². The molecule has 0 spiro atoms. The predicted octanol–water partition coefficient (Wildman–Crippen LogP) is -0.171. The molecule has 140 valence electrons. The first kappa shape index (κ1) is 17.2. The van der Waals surface area contributed by atoms with Crippen LogP contribution in [0.15, 0.2) is 30.5 Å². The van der Waals surface area contributed by atoms with Crippen LogP contribution in [-0.2, 0) is 29.2 Å². The van der Waals surface area contributed by atoms with Gasteiger partial charge in [-0.15, -0.1) is 0 Å². The fourth-order valence-corrected chi connectivity index (χ4v) is 3.35. The summed E-state index contributed by atoms with van der Waals surface area (Å²) >= 11 is 0. The van der Waals surface area contributed by atoms with Gasteiger partial charge >= 0.3 is 0 Å². The summed E-state index contributed by atoms with van der Waals surface area (Å²) in [7, 11) is 0. The first-order valence-corrected chi connectivity index (χ1v) is 8.93. The van der Waals surface area contributed by atoms with Gasteiger partial charge in [-0.25, -0.2) is 0 Å². The molecule has 2 aromatic rings. The molecule has 4 rings (SSSR count). The van der Waals surface area contributed by atoms with Crippen molar-refractivity contribution in [3.63, 3.8) is 0 Å². The number of fused-ring (bicyclic) bond motifs is 1. The summed E-state index contributed by atoms with van der Waals surface area (Å²) in [5.74, 6) is -0.430. The van der Waals surface area contributed by atoms with Crippen LogP contribution < -0.4 is 10.6 Å². The van der Waals surface area contributed by atoms with Crippen molar-refractivity contribution in [1.29, 1.82) is 0 Å². The number of hydrogen-bond acceptors (Lipinski definition) is 5. The van der Waals surface area contributed by atoms with E-state index >= 15 is 0 Å². The molecular weight excluding hydrogens is 348 g/mol. The van der Waals surface area contributed by atoms with Gasteiger partial charge in [0.25, 0.3) is 5.91 Å². The topological polar surface area (TPSA) is 109 Å². The zero-order chi connectivity index (χ0) is 18.8. The van der Waals surface area contributed by atoms with Crippen molar-refractivity contribution >= 4 is 17.7 Å². The summed E-state index contributed by atoms with van der Waals surface area (Å²) in [5, 5.41) is 9.85. The van der Waals surface area contributed by atoms with Crippen molar-refractivity contribution in [3.05, 3.63) is 47.5 Å². The van der Waals surface area contributed by atoms with E-state index in [1.54, 1.807) is 21.8 Å². The van der Waals surface area contributed by atoms with Gasteiger partial charge in [0.2, 0.25) is 11.8 Å². The Kier molecular flexibility index (Phi) is 4.57. The number of pyridine rings is 1. The maximum Gasteiger partial charge on any atom is 0.272 e. The zero-order valence-electron chi connectivity index (χ0n) is 14.7. The summed E-state index contributed by atoms with van der Waals surface area (Å²) in [5.41, 5.74) is 1.90. The van der Waals surface area contributed by atoms with Crippen molar-refractivity contribution in [2.45, 2.75) is 38.5 Å². The number of nitrogens with one attached hydrogen (secondary N) is 2.